The van der Waals surface area contributed by atoms with E-state index >= 15 is 0 Å². The second-order valence-corrected chi connectivity index (χ2v) is 6.35. The van der Waals surface area contributed by atoms with Crippen molar-refractivity contribution in [3.63, 3.8) is 0 Å². The van der Waals surface area contributed by atoms with Gasteiger partial charge in [-0.25, -0.2) is 4.85 Å². The molecule has 0 unspecified atom stereocenters. The topological polar surface area (TPSA) is 88.1 Å². The minimum absolute atomic E-state index is 0.166. The first-order chi connectivity index (χ1) is 12.3. The number of aromatic nitrogens is 2. The Morgan fingerprint density at radius 3 is 2.58 bits per heavy atom. The highest BCUT2D eigenvalue weighted by Gasteiger charge is 2.25. The monoisotopic (exact) mass is 350 g/mol. The highest BCUT2D eigenvalue weighted by Crippen LogP contribution is 2.35. The molecule has 1 heterocycles. The molecule has 8 nitrogen and oxygen atoms in total. The number of nitrogens with zero attached hydrogens (tertiary/aromatic N) is 4. The van der Waals surface area contributed by atoms with Crippen LogP contribution in [0.3, 0.4) is 0 Å². The molecule has 2 rings (SSSR count). The van der Waals surface area contributed by atoms with Crippen molar-refractivity contribution in [1.29, 1.82) is 0 Å². The van der Waals surface area contributed by atoms with Crippen LogP contribution in [-0.4, -0.2) is 28.9 Å². The Morgan fingerprint density at radius 1 is 1.31 bits per heavy atom. The van der Waals surface area contributed by atoms with Crippen LogP contribution >= 0.6 is 0 Å². The Bertz CT molecular complexity index is 938. The minimum Gasteiger partial charge on any atom is -0.496 e. The van der Waals surface area contributed by atoms with Gasteiger partial charge in [-0.15, -0.1) is 0 Å². The van der Waals surface area contributed by atoms with Gasteiger partial charge < -0.3 is 14.4 Å². The lowest BCUT2D eigenvalue weighted by Gasteiger charge is -2.16. The number of nitrogens with one attached hydrogen (secondary N) is 2. The van der Waals surface area contributed by atoms with Crippen LogP contribution in [0.15, 0.2) is 29.4 Å². The van der Waals surface area contributed by atoms with Crippen LogP contribution in [-0.2, 0) is 5.41 Å². The number of carbonyl (C=O) groups is 1. The number of hydrazone groups is 1. The smallest absolute Gasteiger partial charge is 0.341 e. The van der Waals surface area contributed by atoms with Gasteiger partial charge in [-0.2, -0.15) is 10.5 Å². The van der Waals surface area contributed by atoms with Crippen molar-refractivity contribution >= 4 is 23.1 Å². The number of hydrogen-bond donors (Lipinski definition) is 2. The number of anilines is 1. The Labute approximate surface area is 151 Å². The van der Waals surface area contributed by atoms with Gasteiger partial charge in [-0.3, -0.25) is 5.10 Å². The van der Waals surface area contributed by atoms with E-state index in [-0.39, 0.29) is 28.3 Å². The largest absolute Gasteiger partial charge is 0.496 e. The molecule has 8 heteroatoms. The normalized spacial score (nSPS) is 11.4. The van der Waals surface area contributed by atoms with Crippen molar-refractivity contribution in [3.05, 3.63) is 58.4 Å². The second kappa shape index (κ2) is 7.49. The predicted octanol–water partition coefficient (Wildman–Crippen LogP) is 3.79. The number of methoxy groups -OCH3 is 1. The van der Waals surface area contributed by atoms with Crippen LogP contribution in [0.1, 0.15) is 36.8 Å². The molecule has 132 valence electrons. The van der Waals surface area contributed by atoms with Gasteiger partial charge in [-0.05, 0) is 22.6 Å². The molecule has 0 saturated heterocycles. The summed E-state index contributed by atoms with van der Waals surface area (Å²) in [6.45, 7) is 20.4. The fourth-order valence-electron chi connectivity index (χ4n) is 2.23. The molecular formula is C18H18N6O2. The molecule has 0 saturated carbocycles. The van der Waals surface area contributed by atoms with Crippen molar-refractivity contribution in [3.8, 4) is 5.75 Å². The van der Waals surface area contributed by atoms with Crippen molar-refractivity contribution in [2.75, 3.05) is 12.5 Å². The van der Waals surface area contributed by atoms with Gasteiger partial charge in [0.05, 0.1) is 19.2 Å². The number of aromatic amines is 1. The molecule has 0 bridgehead atoms. The molecule has 1 aromatic carbocycles. The molecule has 0 aliphatic carbocycles. The standard InChI is InChI=1S/C18H18N6O2/c1-18(2,3)15-13(19-4)16(22-21-15)23-24-17(20-5)14(25)11-9-7-8-10-12(11)26-6/h7-10H,1-3,6H3,(H2,21,22,23)/b24-17+. The van der Waals surface area contributed by atoms with Gasteiger partial charge in [-0.1, -0.05) is 39.5 Å². The molecule has 2 N–H and O–H groups in total. The van der Waals surface area contributed by atoms with Gasteiger partial charge >= 0.3 is 5.84 Å². The van der Waals surface area contributed by atoms with Crippen molar-refractivity contribution in [2.24, 2.45) is 5.10 Å². The van der Waals surface area contributed by atoms with Gasteiger partial charge in [0.25, 0.3) is 5.69 Å². The number of benzene rings is 1. The highest BCUT2D eigenvalue weighted by molar-refractivity contribution is 6.49. The summed E-state index contributed by atoms with van der Waals surface area (Å²) in [4.78, 5) is 19.2. The molecule has 1 aromatic heterocycles. The highest BCUT2D eigenvalue weighted by atomic mass is 16.5. The number of amidine groups is 1. The van der Waals surface area contributed by atoms with Gasteiger partial charge in [0.15, 0.2) is 5.82 Å². The summed E-state index contributed by atoms with van der Waals surface area (Å²) in [7, 11) is 1.44. The molecule has 0 fully saturated rings. The third kappa shape index (κ3) is 3.70. The number of carbonyl (C=O) groups excluding carboxylic acids is 1. The number of hydrogen-bond acceptors (Lipinski definition) is 5. The van der Waals surface area contributed by atoms with E-state index in [0.717, 1.165) is 0 Å². The van der Waals surface area contributed by atoms with E-state index in [9.17, 15) is 4.79 Å². The molecule has 0 aliphatic heterocycles. The first-order valence-corrected chi connectivity index (χ1v) is 7.68. The van der Waals surface area contributed by atoms with E-state index < -0.39 is 5.78 Å². The van der Waals surface area contributed by atoms with E-state index in [1.165, 1.54) is 7.11 Å². The van der Waals surface area contributed by atoms with E-state index in [0.29, 0.717) is 11.4 Å². The summed E-state index contributed by atoms with van der Waals surface area (Å²) in [6.07, 6.45) is 0. The van der Waals surface area contributed by atoms with Crippen LogP contribution in [0.5, 0.6) is 5.75 Å². The molecule has 0 aliphatic rings. The van der Waals surface area contributed by atoms with Crippen LogP contribution < -0.4 is 10.2 Å². The van der Waals surface area contributed by atoms with Crippen molar-refractivity contribution in [1.82, 2.24) is 10.2 Å². The quantitative estimate of drug-likeness (QED) is 0.282. The number of ether oxygens (including phenoxy) is 1. The molecule has 0 amide bonds. The molecule has 0 atom stereocenters. The number of H-pyrrole nitrogens is 1. The zero-order valence-electron chi connectivity index (χ0n) is 14.9. The van der Waals surface area contributed by atoms with E-state index in [1.807, 2.05) is 20.8 Å². The fourth-order valence-corrected chi connectivity index (χ4v) is 2.23. The van der Waals surface area contributed by atoms with Crippen LogP contribution in [0.4, 0.5) is 11.5 Å². The maximum Gasteiger partial charge on any atom is 0.341 e. The van der Waals surface area contributed by atoms with Crippen LogP contribution in [0.25, 0.3) is 9.69 Å². The Balaban J connectivity index is 2.35. The van der Waals surface area contributed by atoms with Crippen molar-refractivity contribution in [2.45, 2.75) is 26.2 Å². The zero-order valence-corrected chi connectivity index (χ0v) is 14.9. The molecule has 2 aromatic rings. The lowest BCUT2D eigenvalue weighted by molar-refractivity contribution is 0.106. The van der Waals surface area contributed by atoms with Gasteiger partial charge in [0.2, 0.25) is 5.78 Å². The van der Waals surface area contributed by atoms with Gasteiger partial charge in [0, 0.05) is 5.69 Å². The Hall–Kier alpha value is -3.65. The number of para-hydroxylation sites is 1. The molecule has 0 spiro atoms. The van der Waals surface area contributed by atoms with Crippen LogP contribution in [0, 0.1) is 13.1 Å². The first kappa shape index (κ1) is 18.7. The molecule has 0 radical (unpaired) electrons. The lowest BCUT2D eigenvalue weighted by Crippen LogP contribution is -2.13. The summed E-state index contributed by atoms with van der Waals surface area (Å²) >= 11 is 0. The maximum absolute atomic E-state index is 12.5. The second-order valence-electron chi connectivity index (χ2n) is 6.35. The third-order valence-corrected chi connectivity index (χ3v) is 3.53. The summed E-state index contributed by atoms with van der Waals surface area (Å²) in [5.41, 5.74) is 3.39. The van der Waals surface area contributed by atoms with E-state index in [1.54, 1.807) is 24.3 Å². The van der Waals surface area contributed by atoms with Crippen molar-refractivity contribution < 1.29 is 9.53 Å². The van der Waals surface area contributed by atoms with Crippen LogP contribution in [0.2, 0.25) is 0 Å². The zero-order chi connectivity index (χ0) is 19.3. The maximum atomic E-state index is 12.5. The van der Waals surface area contributed by atoms with E-state index in [4.69, 9.17) is 17.9 Å². The summed E-state index contributed by atoms with van der Waals surface area (Å²) < 4.78 is 5.14. The Morgan fingerprint density at radius 2 is 2.00 bits per heavy atom. The fraction of sp³-hybridized carbons (Fsp3) is 0.278. The number of ketones is 1. The number of Topliss-reactive ketones (excluding diaryl/α,β-unsaturated/α-hetero) is 1. The summed E-state index contributed by atoms with van der Waals surface area (Å²) in [5.74, 6) is -0.448. The van der Waals surface area contributed by atoms with Gasteiger partial charge in [0.1, 0.15) is 5.75 Å². The third-order valence-electron chi connectivity index (χ3n) is 3.53. The predicted molar refractivity (Wildman–Crippen MR) is 98.5 cm³/mol. The minimum atomic E-state index is -0.583. The Kier molecular flexibility index (Phi) is 5.39. The molecule has 26 heavy (non-hydrogen) atoms. The first-order valence-electron chi connectivity index (χ1n) is 7.68. The molecular weight excluding hydrogens is 332 g/mol. The van der Waals surface area contributed by atoms with E-state index in [2.05, 4.69) is 30.4 Å². The average molecular weight is 350 g/mol. The average Bonchev–Trinajstić information content (AvgIpc) is 3.05. The SMILES string of the molecule is [C-]#[N+]/C(=N/Nc1n[nH]c(C(C)(C)C)c1[N+]#[C-])C(=O)c1ccccc1OC. The lowest BCUT2D eigenvalue weighted by atomic mass is 9.91. The summed E-state index contributed by atoms with van der Waals surface area (Å²) in [6, 6.07) is 6.58. The number of rotatable bonds is 5. The summed E-state index contributed by atoms with van der Waals surface area (Å²) in [5, 5.41) is 10.7.